The summed E-state index contributed by atoms with van der Waals surface area (Å²) in [6.07, 6.45) is -0.686. The molecule has 0 aliphatic carbocycles. The van der Waals surface area contributed by atoms with Crippen LogP contribution in [0, 0.1) is 5.82 Å². The van der Waals surface area contributed by atoms with E-state index in [1.807, 2.05) is 0 Å². The Morgan fingerprint density at radius 2 is 2.03 bits per heavy atom. The number of hydrogen-bond acceptors (Lipinski definition) is 6. The third kappa shape index (κ3) is 5.46. The van der Waals surface area contributed by atoms with Gasteiger partial charge in [0, 0.05) is 30.8 Å². The second kappa shape index (κ2) is 10.8. The molecule has 3 amide bonds. The molecule has 9 nitrogen and oxygen atoms in total. The minimum atomic E-state index is -0.580. The van der Waals surface area contributed by atoms with Crippen molar-refractivity contribution in [1.82, 2.24) is 5.32 Å². The molecule has 2 aliphatic rings. The first-order valence-corrected chi connectivity index (χ1v) is 11.1. The Morgan fingerprint density at radius 3 is 2.79 bits per heavy atom. The predicted molar refractivity (Wildman–Crippen MR) is 123 cm³/mol. The summed E-state index contributed by atoms with van der Waals surface area (Å²) < 4.78 is 30.7. The number of carbonyl (C=O) groups is 2. The van der Waals surface area contributed by atoms with E-state index in [9.17, 15) is 19.1 Å². The van der Waals surface area contributed by atoms with Gasteiger partial charge in [-0.15, -0.1) is 0 Å². The second-order valence-electron chi connectivity index (χ2n) is 8.26. The molecule has 4 N–H and O–H groups in total. The molecule has 2 aliphatic heterocycles. The SMILES string of the molecule is COCCNC(=O)C[C@H]1C[C@H]2c3cc(NC(=O)Nc4ccccc4F)ccc3O[C@H]2[C@H](CO)O1. The summed E-state index contributed by atoms with van der Waals surface area (Å²) in [6, 6.07) is 10.6. The van der Waals surface area contributed by atoms with Crippen LogP contribution in [0.1, 0.15) is 24.3 Å². The number of amides is 3. The molecule has 4 atom stereocenters. The van der Waals surface area contributed by atoms with Crippen LogP contribution < -0.4 is 20.7 Å². The Kier molecular flexibility index (Phi) is 7.61. The molecule has 0 radical (unpaired) electrons. The molecule has 0 spiro atoms. The van der Waals surface area contributed by atoms with E-state index in [0.29, 0.717) is 31.0 Å². The van der Waals surface area contributed by atoms with Crippen LogP contribution in [-0.2, 0) is 14.3 Å². The average Bonchev–Trinajstić information content (AvgIpc) is 3.18. The summed E-state index contributed by atoms with van der Waals surface area (Å²) in [6.45, 7) is 0.587. The fourth-order valence-corrected chi connectivity index (χ4v) is 4.39. The van der Waals surface area contributed by atoms with Crippen LogP contribution in [0.15, 0.2) is 42.5 Å². The van der Waals surface area contributed by atoms with Gasteiger partial charge in [-0.25, -0.2) is 9.18 Å². The van der Waals surface area contributed by atoms with Crippen LogP contribution in [0.3, 0.4) is 0 Å². The van der Waals surface area contributed by atoms with Gasteiger partial charge in [-0.2, -0.15) is 0 Å². The zero-order valence-electron chi connectivity index (χ0n) is 18.8. The zero-order valence-corrected chi connectivity index (χ0v) is 18.8. The molecule has 1 fully saturated rings. The first-order valence-electron chi connectivity index (χ1n) is 11.1. The number of rotatable bonds is 8. The Bertz CT molecular complexity index is 1040. The largest absolute Gasteiger partial charge is 0.487 e. The lowest BCUT2D eigenvalue weighted by Crippen LogP contribution is -2.47. The number of methoxy groups -OCH3 is 1. The van der Waals surface area contributed by atoms with Crippen molar-refractivity contribution in [2.75, 3.05) is 37.5 Å². The summed E-state index contributed by atoms with van der Waals surface area (Å²) in [5.74, 6) is -0.162. The second-order valence-corrected chi connectivity index (χ2v) is 8.26. The Morgan fingerprint density at radius 1 is 1.21 bits per heavy atom. The van der Waals surface area contributed by atoms with Crippen molar-refractivity contribution in [2.45, 2.75) is 37.1 Å². The summed E-state index contributed by atoms with van der Waals surface area (Å²) in [4.78, 5) is 24.6. The van der Waals surface area contributed by atoms with E-state index in [1.165, 1.54) is 12.1 Å². The van der Waals surface area contributed by atoms with Gasteiger partial charge in [0.2, 0.25) is 5.91 Å². The molecule has 2 aromatic carbocycles. The van der Waals surface area contributed by atoms with Gasteiger partial charge in [0.1, 0.15) is 23.8 Å². The molecule has 4 rings (SSSR count). The number of nitrogens with one attached hydrogen (secondary N) is 3. The number of fused-ring (bicyclic) bond motifs is 3. The lowest BCUT2D eigenvalue weighted by Gasteiger charge is -2.37. The van der Waals surface area contributed by atoms with E-state index in [1.54, 1.807) is 37.4 Å². The first kappa shape index (κ1) is 23.9. The van der Waals surface area contributed by atoms with Gasteiger partial charge in [-0.1, -0.05) is 12.1 Å². The number of hydrogen-bond donors (Lipinski definition) is 4. The monoisotopic (exact) mass is 473 g/mol. The van der Waals surface area contributed by atoms with E-state index < -0.39 is 30.2 Å². The highest BCUT2D eigenvalue weighted by molar-refractivity contribution is 5.99. The van der Waals surface area contributed by atoms with E-state index in [0.717, 1.165) is 5.56 Å². The van der Waals surface area contributed by atoms with Crippen LogP contribution in [0.5, 0.6) is 5.75 Å². The van der Waals surface area contributed by atoms with Crippen LogP contribution >= 0.6 is 0 Å². The predicted octanol–water partition coefficient (Wildman–Crippen LogP) is 2.62. The fourth-order valence-electron chi connectivity index (χ4n) is 4.39. The molecule has 1 saturated heterocycles. The van der Waals surface area contributed by atoms with Crippen molar-refractivity contribution in [2.24, 2.45) is 0 Å². The third-order valence-electron chi connectivity index (χ3n) is 5.92. The average molecular weight is 474 g/mol. The first-order chi connectivity index (χ1) is 16.5. The quantitative estimate of drug-likeness (QED) is 0.438. The molecular formula is C24H28FN3O6. The third-order valence-corrected chi connectivity index (χ3v) is 5.92. The molecule has 34 heavy (non-hydrogen) atoms. The Balaban J connectivity index is 1.44. The lowest BCUT2D eigenvalue weighted by atomic mass is 9.84. The summed E-state index contributed by atoms with van der Waals surface area (Å²) in [5, 5.41) is 17.8. The number of aliphatic hydroxyl groups excluding tert-OH is 1. The number of halogens is 1. The maximum Gasteiger partial charge on any atom is 0.323 e. The van der Waals surface area contributed by atoms with E-state index in [4.69, 9.17) is 14.2 Å². The molecule has 10 heteroatoms. The molecule has 2 heterocycles. The molecule has 0 bridgehead atoms. The molecule has 0 aromatic heterocycles. The molecule has 182 valence electrons. The van der Waals surface area contributed by atoms with Crippen molar-refractivity contribution in [3.8, 4) is 5.75 Å². The van der Waals surface area contributed by atoms with Crippen LogP contribution in [0.25, 0.3) is 0 Å². The summed E-state index contributed by atoms with van der Waals surface area (Å²) in [5.41, 5.74) is 1.45. The number of carbonyl (C=O) groups excluding carboxylic acids is 2. The van der Waals surface area contributed by atoms with Crippen LogP contribution in [0.2, 0.25) is 0 Å². The summed E-state index contributed by atoms with van der Waals surface area (Å²) in [7, 11) is 1.56. The normalized spacial score (nSPS) is 22.8. The van der Waals surface area contributed by atoms with Gasteiger partial charge in [-0.05, 0) is 36.8 Å². The van der Waals surface area contributed by atoms with Gasteiger partial charge in [0.05, 0.1) is 31.4 Å². The smallest absolute Gasteiger partial charge is 0.323 e. The lowest BCUT2D eigenvalue weighted by molar-refractivity contribution is -0.142. The fraction of sp³-hybridized carbons (Fsp3) is 0.417. The van der Waals surface area contributed by atoms with Crippen LogP contribution in [-0.4, -0.2) is 62.2 Å². The van der Waals surface area contributed by atoms with Crippen molar-refractivity contribution in [3.05, 3.63) is 53.8 Å². The standard InChI is InChI=1S/C24H28FN3O6/c1-32-9-8-26-22(30)12-15-11-17-16-10-14(6-7-20(16)34-23(17)21(13-29)33-15)27-24(31)28-19-5-3-2-4-18(19)25/h2-7,10,15,17,21,23,29H,8-9,11-13H2,1H3,(H,26,30)(H2,27,28,31)/t15-,17+,21+,23-/m1/s1. The van der Waals surface area contributed by atoms with E-state index in [2.05, 4.69) is 16.0 Å². The van der Waals surface area contributed by atoms with Gasteiger partial charge in [0.15, 0.2) is 0 Å². The zero-order chi connectivity index (χ0) is 24.1. The number of para-hydroxylation sites is 1. The minimum absolute atomic E-state index is 0.0754. The topological polar surface area (TPSA) is 118 Å². The van der Waals surface area contributed by atoms with Crippen molar-refractivity contribution in [1.29, 1.82) is 0 Å². The van der Waals surface area contributed by atoms with Crippen molar-refractivity contribution in [3.63, 3.8) is 0 Å². The number of anilines is 2. The van der Waals surface area contributed by atoms with Gasteiger partial charge < -0.3 is 35.3 Å². The number of aliphatic hydroxyl groups is 1. The van der Waals surface area contributed by atoms with Crippen molar-refractivity contribution >= 4 is 23.3 Å². The number of ether oxygens (including phenoxy) is 3. The Hall–Kier alpha value is -3.21. The Labute approximate surface area is 196 Å². The van der Waals surface area contributed by atoms with Gasteiger partial charge in [0.25, 0.3) is 0 Å². The van der Waals surface area contributed by atoms with Gasteiger partial charge in [-0.3, -0.25) is 4.79 Å². The molecular weight excluding hydrogens is 445 g/mol. The highest BCUT2D eigenvalue weighted by Gasteiger charge is 2.46. The highest BCUT2D eigenvalue weighted by atomic mass is 19.1. The molecule has 0 saturated carbocycles. The maximum atomic E-state index is 13.8. The number of urea groups is 1. The van der Waals surface area contributed by atoms with Crippen molar-refractivity contribution < 1.29 is 33.3 Å². The minimum Gasteiger partial charge on any atom is -0.487 e. The summed E-state index contributed by atoms with van der Waals surface area (Å²) >= 11 is 0. The van der Waals surface area contributed by atoms with Crippen LogP contribution in [0.4, 0.5) is 20.6 Å². The molecule has 0 unspecified atom stereocenters. The maximum absolute atomic E-state index is 13.8. The highest BCUT2D eigenvalue weighted by Crippen LogP contribution is 2.47. The van der Waals surface area contributed by atoms with Gasteiger partial charge >= 0.3 is 6.03 Å². The molecule has 2 aromatic rings. The van der Waals surface area contributed by atoms with E-state index in [-0.39, 0.29) is 30.5 Å². The van der Waals surface area contributed by atoms with E-state index >= 15 is 0 Å². The number of benzene rings is 2.